The molecule has 156 valence electrons. The molecular formula is C23H26N4O3. The van der Waals surface area contributed by atoms with Gasteiger partial charge in [0.15, 0.2) is 5.69 Å². The summed E-state index contributed by atoms with van der Waals surface area (Å²) in [5, 5.41) is 9.19. The van der Waals surface area contributed by atoms with Crippen molar-refractivity contribution in [2.24, 2.45) is 5.10 Å². The third kappa shape index (κ3) is 5.11. The van der Waals surface area contributed by atoms with Gasteiger partial charge >= 0.3 is 0 Å². The highest BCUT2D eigenvalue weighted by Gasteiger charge is 2.15. The highest BCUT2D eigenvalue weighted by molar-refractivity contribution is 6.04. The molecule has 30 heavy (non-hydrogen) atoms. The molecule has 0 spiro atoms. The number of carbonyl (C=O) groups excluding carboxylic acids is 1. The van der Waals surface area contributed by atoms with Crippen LogP contribution >= 0.6 is 0 Å². The van der Waals surface area contributed by atoms with Gasteiger partial charge in [-0.15, -0.1) is 0 Å². The number of nitrogens with one attached hydrogen (secondary N) is 1. The van der Waals surface area contributed by atoms with E-state index in [4.69, 9.17) is 4.74 Å². The maximum absolute atomic E-state index is 12.6. The smallest absolute Gasteiger partial charge is 0.292 e. The Balaban J connectivity index is 1.68. The Bertz CT molecular complexity index is 1090. The van der Waals surface area contributed by atoms with E-state index in [9.17, 15) is 9.59 Å². The van der Waals surface area contributed by atoms with Crippen molar-refractivity contribution in [1.29, 1.82) is 0 Å². The van der Waals surface area contributed by atoms with E-state index in [1.54, 1.807) is 37.4 Å². The fourth-order valence-corrected chi connectivity index (χ4v) is 3.03. The molecule has 0 saturated carbocycles. The highest BCUT2D eigenvalue weighted by atomic mass is 16.5. The van der Waals surface area contributed by atoms with Crippen LogP contribution in [0.4, 0.5) is 0 Å². The van der Waals surface area contributed by atoms with Crippen molar-refractivity contribution in [3.05, 3.63) is 70.1 Å². The lowest BCUT2D eigenvalue weighted by Gasteiger charge is -2.08. The average Bonchev–Trinajstić information content (AvgIpc) is 2.78. The fourth-order valence-electron chi connectivity index (χ4n) is 3.03. The number of amides is 1. The Morgan fingerprint density at radius 2 is 1.83 bits per heavy atom. The molecular weight excluding hydrogens is 380 g/mol. The molecule has 0 aliphatic carbocycles. The second kappa shape index (κ2) is 10.3. The van der Waals surface area contributed by atoms with Crippen LogP contribution in [0.25, 0.3) is 10.8 Å². The SMILES string of the molecule is CCCCCOc1ccc(/C=N\NC(=O)c2nn(CC)c(=O)c3ccccc23)cc1. The van der Waals surface area contributed by atoms with E-state index in [0.717, 1.165) is 30.6 Å². The largest absolute Gasteiger partial charge is 0.494 e. The number of ether oxygens (including phenoxy) is 1. The van der Waals surface area contributed by atoms with E-state index in [0.29, 0.717) is 23.9 Å². The molecule has 7 nitrogen and oxygen atoms in total. The molecule has 1 heterocycles. The summed E-state index contributed by atoms with van der Waals surface area (Å²) in [6, 6.07) is 14.4. The summed E-state index contributed by atoms with van der Waals surface area (Å²) in [4.78, 5) is 25.0. The van der Waals surface area contributed by atoms with E-state index in [-0.39, 0.29) is 11.3 Å². The maximum atomic E-state index is 12.6. The molecule has 0 radical (unpaired) electrons. The molecule has 1 amide bonds. The van der Waals surface area contributed by atoms with E-state index < -0.39 is 5.91 Å². The number of carbonyl (C=O) groups is 1. The lowest BCUT2D eigenvalue weighted by molar-refractivity contribution is 0.0949. The van der Waals surface area contributed by atoms with Crippen LogP contribution in [0.1, 0.15) is 49.2 Å². The predicted molar refractivity (Wildman–Crippen MR) is 118 cm³/mol. The lowest BCUT2D eigenvalue weighted by Crippen LogP contribution is -2.28. The van der Waals surface area contributed by atoms with Gasteiger partial charge in [-0.3, -0.25) is 9.59 Å². The van der Waals surface area contributed by atoms with Crippen LogP contribution in [0.5, 0.6) is 5.75 Å². The van der Waals surface area contributed by atoms with E-state index >= 15 is 0 Å². The van der Waals surface area contributed by atoms with Gasteiger partial charge in [-0.25, -0.2) is 10.1 Å². The van der Waals surface area contributed by atoms with Gasteiger partial charge in [-0.1, -0.05) is 38.0 Å². The van der Waals surface area contributed by atoms with Crippen LogP contribution in [0.2, 0.25) is 0 Å². The Morgan fingerprint density at radius 1 is 1.10 bits per heavy atom. The molecule has 0 saturated heterocycles. The Labute approximate surface area is 175 Å². The first kappa shape index (κ1) is 21.2. The first-order valence-electron chi connectivity index (χ1n) is 10.2. The van der Waals surface area contributed by atoms with E-state index in [1.165, 1.54) is 4.68 Å². The van der Waals surface area contributed by atoms with Gasteiger partial charge in [0.1, 0.15) is 5.75 Å². The van der Waals surface area contributed by atoms with Gasteiger partial charge in [0.25, 0.3) is 11.5 Å². The summed E-state index contributed by atoms with van der Waals surface area (Å²) < 4.78 is 6.96. The molecule has 0 fully saturated rings. The normalized spacial score (nSPS) is 11.1. The number of benzene rings is 2. The molecule has 0 bridgehead atoms. The average molecular weight is 406 g/mol. The minimum absolute atomic E-state index is 0.167. The lowest BCUT2D eigenvalue weighted by atomic mass is 10.1. The molecule has 0 aliphatic heterocycles. The molecule has 3 rings (SSSR count). The number of aryl methyl sites for hydroxylation is 1. The van der Waals surface area contributed by atoms with Crippen LogP contribution < -0.4 is 15.7 Å². The van der Waals surface area contributed by atoms with Gasteiger partial charge in [0.2, 0.25) is 0 Å². The van der Waals surface area contributed by atoms with Crippen molar-refractivity contribution in [1.82, 2.24) is 15.2 Å². The number of fused-ring (bicyclic) bond motifs is 1. The van der Waals surface area contributed by atoms with Crippen molar-refractivity contribution >= 4 is 22.9 Å². The number of nitrogens with zero attached hydrogens (tertiary/aromatic N) is 3. The van der Waals surface area contributed by atoms with Crippen molar-refractivity contribution in [3.8, 4) is 5.75 Å². The minimum Gasteiger partial charge on any atom is -0.494 e. The second-order valence-corrected chi connectivity index (χ2v) is 6.84. The zero-order valence-corrected chi connectivity index (χ0v) is 17.3. The molecule has 0 atom stereocenters. The zero-order valence-electron chi connectivity index (χ0n) is 17.3. The van der Waals surface area contributed by atoms with Crippen molar-refractivity contribution in [3.63, 3.8) is 0 Å². The topological polar surface area (TPSA) is 85.6 Å². The van der Waals surface area contributed by atoms with Crippen molar-refractivity contribution in [2.75, 3.05) is 6.61 Å². The molecule has 1 aromatic heterocycles. The number of unbranched alkanes of at least 4 members (excludes halogenated alkanes) is 2. The molecule has 2 aromatic carbocycles. The second-order valence-electron chi connectivity index (χ2n) is 6.84. The summed E-state index contributed by atoms with van der Waals surface area (Å²) in [5.74, 6) is 0.338. The van der Waals surface area contributed by atoms with Crippen LogP contribution in [0.3, 0.4) is 0 Å². The maximum Gasteiger partial charge on any atom is 0.292 e. The minimum atomic E-state index is -0.472. The van der Waals surface area contributed by atoms with Crippen molar-refractivity contribution in [2.45, 2.75) is 39.7 Å². The molecule has 3 aromatic rings. The van der Waals surface area contributed by atoms with E-state index in [2.05, 4.69) is 22.5 Å². The van der Waals surface area contributed by atoms with Crippen LogP contribution in [-0.2, 0) is 6.54 Å². The number of hydrazone groups is 1. The molecule has 0 unspecified atom stereocenters. The van der Waals surface area contributed by atoms with Crippen LogP contribution in [0, 0.1) is 0 Å². The van der Waals surface area contributed by atoms with Gasteiger partial charge in [-0.2, -0.15) is 10.2 Å². The van der Waals surface area contributed by atoms with Gasteiger partial charge in [0, 0.05) is 11.9 Å². The first-order valence-corrected chi connectivity index (χ1v) is 10.2. The summed E-state index contributed by atoms with van der Waals surface area (Å²) in [7, 11) is 0. The number of aromatic nitrogens is 2. The molecule has 0 aliphatic rings. The molecule has 7 heteroatoms. The third-order valence-electron chi connectivity index (χ3n) is 4.66. The fraction of sp³-hybridized carbons (Fsp3) is 0.304. The van der Waals surface area contributed by atoms with E-state index in [1.807, 2.05) is 24.3 Å². The summed E-state index contributed by atoms with van der Waals surface area (Å²) in [5.41, 5.74) is 3.27. The van der Waals surface area contributed by atoms with Gasteiger partial charge < -0.3 is 4.74 Å². The monoisotopic (exact) mass is 406 g/mol. The number of rotatable bonds is 9. The molecule has 1 N–H and O–H groups in total. The summed E-state index contributed by atoms with van der Waals surface area (Å²) >= 11 is 0. The van der Waals surface area contributed by atoms with Crippen LogP contribution in [0.15, 0.2) is 58.4 Å². The Hall–Kier alpha value is -3.48. The quantitative estimate of drug-likeness (QED) is 0.333. The number of hydrogen-bond acceptors (Lipinski definition) is 5. The Morgan fingerprint density at radius 3 is 2.53 bits per heavy atom. The third-order valence-corrected chi connectivity index (χ3v) is 4.66. The standard InChI is InChI=1S/C23H26N4O3/c1-3-5-8-15-30-18-13-11-17(12-14-18)16-24-25-22(28)21-19-9-6-7-10-20(19)23(29)27(4-2)26-21/h6-7,9-14,16H,3-5,8,15H2,1-2H3,(H,25,28)/b24-16-. The highest BCUT2D eigenvalue weighted by Crippen LogP contribution is 2.14. The van der Waals surface area contributed by atoms with Crippen LogP contribution in [-0.4, -0.2) is 28.5 Å². The van der Waals surface area contributed by atoms with Gasteiger partial charge in [0.05, 0.1) is 18.2 Å². The summed E-state index contributed by atoms with van der Waals surface area (Å²) in [6.07, 6.45) is 4.91. The predicted octanol–water partition coefficient (Wildman–Crippen LogP) is 3.75. The first-order chi connectivity index (χ1) is 14.6. The van der Waals surface area contributed by atoms with Gasteiger partial charge in [-0.05, 0) is 49.2 Å². The van der Waals surface area contributed by atoms with Crippen molar-refractivity contribution < 1.29 is 9.53 Å². The zero-order chi connectivity index (χ0) is 21.3. The Kier molecular flexibility index (Phi) is 7.32. The summed E-state index contributed by atoms with van der Waals surface area (Å²) in [6.45, 7) is 5.05. The number of hydrogen-bond donors (Lipinski definition) is 1.